The maximum atomic E-state index is 11.6. The van der Waals surface area contributed by atoms with Gasteiger partial charge in [-0.2, -0.15) is 0 Å². The van der Waals surface area contributed by atoms with Crippen LogP contribution >= 0.6 is 0 Å². The fraction of sp³-hybridized carbons (Fsp3) is 0.357. The fourth-order valence-corrected chi connectivity index (χ4v) is 2.05. The van der Waals surface area contributed by atoms with E-state index >= 15 is 0 Å². The number of benzene rings is 1. The third kappa shape index (κ3) is 2.87. The second-order valence-electron chi connectivity index (χ2n) is 4.09. The molecule has 0 bridgehead atoms. The second-order valence-corrected chi connectivity index (χ2v) is 4.09. The summed E-state index contributed by atoms with van der Waals surface area (Å²) >= 11 is 0. The van der Waals surface area contributed by atoms with Crippen LogP contribution in [0.2, 0.25) is 0 Å². The Kier molecular flexibility index (Phi) is 3.81. The summed E-state index contributed by atoms with van der Waals surface area (Å²) in [5, 5.41) is 3.01. The van der Waals surface area contributed by atoms with Crippen LogP contribution in [-0.2, 0) is 4.79 Å². The topological polar surface area (TPSA) is 38.3 Å². The summed E-state index contributed by atoms with van der Waals surface area (Å²) in [7, 11) is 0. The maximum Gasteiger partial charge on any atom is 0.244 e. The van der Waals surface area contributed by atoms with Gasteiger partial charge in [0.05, 0.1) is 12.6 Å². The van der Waals surface area contributed by atoms with Crippen molar-refractivity contribution < 1.29 is 9.53 Å². The van der Waals surface area contributed by atoms with Crippen molar-refractivity contribution in [2.45, 2.75) is 25.8 Å². The fourth-order valence-electron chi connectivity index (χ4n) is 2.05. The number of nitrogens with one attached hydrogen (secondary N) is 1. The smallest absolute Gasteiger partial charge is 0.244 e. The minimum Gasteiger partial charge on any atom is -0.493 e. The van der Waals surface area contributed by atoms with Crippen LogP contribution in [0.4, 0.5) is 0 Å². The van der Waals surface area contributed by atoms with Crippen molar-refractivity contribution in [1.29, 1.82) is 0 Å². The van der Waals surface area contributed by atoms with Gasteiger partial charge < -0.3 is 10.1 Å². The Morgan fingerprint density at radius 3 is 3.12 bits per heavy atom. The highest BCUT2D eigenvalue weighted by Gasteiger charge is 2.19. The van der Waals surface area contributed by atoms with Gasteiger partial charge in [0.1, 0.15) is 5.75 Å². The lowest BCUT2D eigenvalue weighted by molar-refractivity contribution is -0.117. The van der Waals surface area contributed by atoms with Crippen molar-refractivity contribution in [3.63, 3.8) is 0 Å². The lowest BCUT2D eigenvalue weighted by Crippen LogP contribution is -2.26. The zero-order valence-electron chi connectivity index (χ0n) is 9.98. The number of carbonyl (C=O) groups excluding carboxylic acids is 1. The number of carbonyl (C=O) groups is 1. The molecule has 17 heavy (non-hydrogen) atoms. The van der Waals surface area contributed by atoms with Crippen LogP contribution in [-0.4, -0.2) is 12.5 Å². The zero-order valence-corrected chi connectivity index (χ0v) is 9.98. The van der Waals surface area contributed by atoms with Crippen molar-refractivity contribution in [1.82, 2.24) is 5.32 Å². The van der Waals surface area contributed by atoms with E-state index in [1.807, 2.05) is 31.2 Å². The predicted molar refractivity (Wildman–Crippen MR) is 66.9 cm³/mol. The molecule has 1 amide bonds. The summed E-state index contributed by atoms with van der Waals surface area (Å²) in [4.78, 5) is 11.6. The molecule has 0 saturated carbocycles. The van der Waals surface area contributed by atoms with E-state index in [0.29, 0.717) is 6.61 Å². The minimum absolute atomic E-state index is 0.0470. The van der Waals surface area contributed by atoms with Crippen molar-refractivity contribution in [2.24, 2.45) is 0 Å². The first kappa shape index (κ1) is 11.7. The van der Waals surface area contributed by atoms with Crippen LogP contribution < -0.4 is 10.1 Å². The highest BCUT2D eigenvalue weighted by Crippen LogP contribution is 2.30. The Hall–Kier alpha value is -1.77. The molecule has 0 aromatic heterocycles. The minimum atomic E-state index is -0.0470. The number of hydrogen-bond donors (Lipinski definition) is 1. The van der Waals surface area contributed by atoms with Gasteiger partial charge in [0.15, 0.2) is 0 Å². The highest BCUT2D eigenvalue weighted by molar-refractivity contribution is 5.87. The molecule has 1 heterocycles. The first-order valence-corrected chi connectivity index (χ1v) is 5.96. The SMILES string of the molecule is C/C=C/C(=O)NC1CCCOc2ccccc21. The van der Waals surface area contributed by atoms with Gasteiger partial charge in [-0.1, -0.05) is 24.3 Å². The molecular formula is C14H17NO2. The van der Waals surface area contributed by atoms with Crippen molar-refractivity contribution in [2.75, 3.05) is 6.61 Å². The lowest BCUT2D eigenvalue weighted by Gasteiger charge is -2.17. The molecule has 1 unspecified atom stereocenters. The molecule has 0 spiro atoms. The van der Waals surface area contributed by atoms with Crippen LogP contribution in [0.1, 0.15) is 31.4 Å². The summed E-state index contributed by atoms with van der Waals surface area (Å²) in [5.74, 6) is 0.838. The Morgan fingerprint density at radius 2 is 2.29 bits per heavy atom. The van der Waals surface area contributed by atoms with Gasteiger partial charge in [0, 0.05) is 5.56 Å². The number of para-hydroxylation sites is 1. The third-order valence-corrected chi connectivity index (χ3v) is 2.82. The molecule has 1 N–H and O–H groups in total. The molecule has 1 aliphatic heterocycles. The van der Waals surface area contributed by atoms with Crippen LogP contribution in [0.5, 0.6) is 5.75 Å². The van der Waals surface area contributed by atoms with E-state index in [9.17, 15) is 4.79 Å². The average Bonchev–Trinajstić information content (AvgIpc) is 2.53. The number of allylic oxidation sites excluding steroid dienone is 1. The number of hydrogen-bond acceptors (Lipinski definition) is 2. The van der Waals surface area contributed by atoms with Crippen LogP contribution in [0.25, 0.3) is 0 Å². The van der Waals surface area contributed by atoms with E-state index < -0.39 is 0 Å². The molecule has 3 nitrogen and oxygen atoms in total. The van der Waals surface area contributed by atoms with E-state index in [-0.39, 0.29) is 11.9 Å². The quantitative estimate of drug-likeness (QED) is 0.794. The van der Waals surface area contributed by atoms with Crippen molar-refractivity contribution in [3.05, 3.63) is 42.0 Å². The molecule has 0 radical (unpaired) electrons. The van der Waals surface area contributed by atoms with Gasteiger partial charge in [0.25, 0.3) is 0 Å². The molecule has 1 atom stereocenters. The highest BCUT2D eigenvalue weighted by atomic mass is 16.5. The van der Waals surface area contributed by atoms with Gasteiger partial charge >= 0.3 is 0 Å². The summed E-state index contributed by atoms with van der Waals surface area (Å²) in [6.07, 6.45) is 5.17. The standard InChI is InChI=1S/C14H17NO2/c1-2-6-14(16)15-12-8-5-10-17-13-9-4-3-7-11(12)13/h2-4,6-7,9,12H,5,8,10H2,1H3,(H,15,16)/b6-2+. The van der Waals surface area contributed by atoms with Crippen LogP contribution in [0, 0.1) is 0 Å². The van der Waals surface area contributed by atoms with Gasteiger partial charge in [0.2, 0.25) is 5.91 Å². The summed E-state index contributed by atoms with van der Waals surface area (Å²) < 4.78 is 5.65. The predicted octanol–water partition coefficient (Wildman–Crippen LogP) is 2.59. The average molecular weight is 231 g/mol. The Bertz CT molecular complexity index is 426. The molecule has 1 aromatic carbocycles. The second kappa shape index (κ2) is 5.53. The van der Waals surface area contributed by atoms with E-state index in [1.54, 1.807) is 12.2 Å². The van der Waals surface area contributed by atoms with Gasteiger partial charge in [-0.15, -0.1) is 0 Å². The third-order valence-electron chi connectivity index (χ3n) is 2.82. The van der Waals surface area contributed by atoms with E-state index in [0.717, 1.165) is 24.2 Å². The van der Waals surface area contributed by atoms with Crippen LogP contribution in [0.3, 0.4) is 0 Å². The summed E-state index contributed by atoms with van der Waals surface area (Å²) in [6.45, 7) is 2.55. The Labute approximate surface area is 101 Å². The molecule has 3 heteroatoms. The van der Waals surface area contributed by atoms with Crippen molar-refractivity contribution in [3.8, 4) is 5.75 Å². The summed E-state index contributed by atoms with van der Waals surface area (Å²) in [6, 6.07) is 7.95. The van der Waals surface area contributed by atoms with Gasteiger partial charge in [-0.05, 0) is 31.9 Å². The van der Waals surface area contributed by atoms with Crippen LogP contribution in [0.15, 0.2) is 36.4 Å². The number of rotatable bonds is 2. The first-order chi connectivity index (χ1) is 8.31. The van der Waals surface area contributed by atoms with E-state index in [4.69, 9.17) is 4.74 Å². The van der Waals surface area contributed by atoms with E-state index in [2.05, 4.69) is 5.32 Å². The lowest BCUT2D eigenvalue weighted by atomic mass is 10.0. The molecular weight excluding hydrogens is 214 g/mol. The maximum absolute atomic E-state index is 11.6. The molecule has 0 fully saturated rings. The normalized spacial score (nSPS) is 19.2. The number of amides is 1. The number of ether oxygens (including phenoxy) is 1. The monoisotopic (exact) mass is 231 g/mol. The van der Waals surface area contributed by atoms with Gasteiger partial charge in [-0.25, -0.2) is 0 Å². The Morgan fingerprint density at radius 1 is 1.47 bits per heavy atom. The Balaban J connectivity index is 2.19. The van der Waals surface area contributed by atoms with Crippen molar-refractivity contribution >= 4 is 5.91 Å². The molecule has 0 aliphatic carbocycles. The molecule has 2 rings (SSSR count). The largest absolute Gasteiger partial charge is 0.493 e. The van der Waals surface area contributed by atoms with Gasteiger partial charge in [-0.3, -0.25) is 4.79 Å². The molecule has 1 aliphatic rings. The molecule has 90 valence electrons. The molecule has 0 saturated heterocycles. The summed E-state index contributed by atoms with van der Waals surface area (Å²) in [5.41, 5.74) is 1.07. The molecule has 1 aromatic rings. The first-order valence-electron chi connectivity index (χ1n) is 5.96. The zero-order chi connectivity index (χ0) is 12.1. The number of fused-ring (bicyclic) bond motifs is 1. The van der Waals surface area contributed by atoms with E-state index in [1.165, 1.54) is 0 Å².